The number of hydrogen-bond donors (Lipinski definition) is 0. The fourth-order valence-corrected chi connectivity index (χ4v) is 7.45. The van der Waals surface area contributed by atoms with Gasteiger partial charge in [-0.05, 0) is 88.5 Å². The smallest absolute Gasteiger partial charge is 0.137 e. The molecule has 0 saturated heterocycles. The minimum Gasteiger partial charge on any atom is -0.456 e. The summed E-state index contributed by atoms with van der Waals surface area (Å²) in [5, 5.41) is 4.43. The van der Waals surface area contributed by atoms with E-state index in [1.807, 2.05) is 24.3 Å². The van der Waals surface area contributed by atoms with Crippen LogP contribution in [0.1, 0.15) is 0 Å². The largest absolute Gasteiger partial charge is 0.456 e. The summed E-state index contributed by atoms with van der Waals surface area (Å²) in [5.74, 6) is 0. The van der Waals surface area contributed by atoms with Crippen LogP contribution in [-0.2, 0) is 0 Å². The molecule has 0 spiro atoms. The van der Waals surface area contributed by atoms with Gasteiger partial charge in [-0.1, -0.05) is 127 Å². The van der Waals surface area contributed by atoms with Crippen LogP contribution >= 0.6 is 0 Å². The van der Waals surface area contributed by atoms with Crippen molar-refractivity contribution in [2.24, 2.45) is 0 Å². The summed E-state index contributed by atoms with van der Waals surface area (Å²) in [6, 6.07) is 66.3. The standard InChI is InChI=1S/C48H31NO2/c1-3-12-32(13-4-1)35-24-28-42(40(30-35)34-14-5-2-6-15-34)49(43-18-11-21-47-48(43)39-17-8-10-20-45(39)51-47)37-26-22-33(23-27-37)36-25-29-46-41(31-36)38-16-7-9-19-44(38)50-46/h1-31H. The highest BCUT2D eigenvalue weighted by Gasteiger charge is 2.22. The van der Waals surface area contributed by atoms with Gasteiger partial charge in [0.25, 0.3) is 0 Å². The van der Waals surface area contributed by atoms with Crippen molar-refractivity contribution in [2.45, 2.75) is 0 Å². The molecule has 2 heterocycles. The van der Waals surface area contributed by atoms with Crippen LogP contribution in [0.2, 0.25) is 0 Å². The molecule has 240 valence electrons. The van der Waals surface area contributed by atoms with Crippen LogP contribution < -0.4 is 4.90 Å². The van der Waals surface area contributed by atoms with Gasteiger partial charge < -0.3 is 13.7 Å². The summed E-state index contributed by atoms with van der Waals surface area (Å²) < 4.78 is 12.5. The Balaban J connectivity index is 1.18. The van der Waals surface area contributed by atoms with Crippen LogP contribution in [0.15, 0.2) is 197 Å². The van der Waals surface area contributed by atoms with E-state index >= 15 is 0 Å². The van der Waals surface area contributed by atoms with Gasteiger partial charge in [0, 0.05) is 27.4 Å². The molecule has 51 heavy (non-hydrogen) atoms. The van der Waals surface area contributed by atoms with E-state index in [1.165, 1.54) is 11.1 Å². The van der Waals surface area contributed by atoms with Gasteiger partial charge in [-0.2, -0.15) is 0 Å². The van der Waals surface area contributed by atoms with Crippen LogP contribution in [0.4, 0.5) is 17.1 Å². The number of anilines is 3. The van der Waals surface area contributed by atoms with Crippen LogP contribution in [0.5, 0.6) is 0 Å². The number of fused-ring (bicyclic) bond motifs is 6. The van der Waals surface area contributed by atoms with Gasteiger partial charge in [0.05, 0.1) is 16.8 Å². The highest BCUT2D eigenvalue weighted by Crippen LogP contribution is 2.47. The van der Waals surface area contributed by atoms with Gasteiger partial charge in [-0.25, -0.2) is 0 Å². The summed E-state index contributed by atoms with van der Waals surface area (Å²) in [6.07, 6.45) is 0. The van der Waals surface area contributed by atoms with Crippen molar-refractivity contribution in [1.29, 1.82) is 0 Å². The Morgan fingerprint density at radius 2 is 0.863 bits per heavy atom. The van der Waals surface area contributed by atoms with Crippen LogP contribution in [0.3, 0.4) is 0 Å². The summed E-state index contributed by atoms with van der Waals surface area (Å²) in [5.41, 5.74) is 13.7. The topological polar surface area (TPSA) is 29.5 Å². The maximum absolute atomic E-state index is 6.41. The fraction of sp³-hybridized carbons (Fsp3) is 0. The number of benzene rings is 8. The molecular formula is C48H31NO2. The minimum absolute atomic E-state index is 0.859. The van der Waals surface area contributed by atoms with E-state index in [2.05, 4.69) is 169 Å². The quantitative estimate of drug-likeness (QED) is 0.179. The molecule has 10 aromatic rings. The van der Waals surface area contributed by atoms with Crippen molar-refractivity contribution in [3.05, 3.63) is 188 Å². The van der Waals surface area contributed by atoms with Gasteiger partial charge in [-0.15, -0.1) is 0 Å². The summed E-state index contributed by atoms with van der Waals surface area (Å²) in [4.78, 5) is 2.39. The molecule has 0 amide bonds. The van der Waals surface area contributed by atoms with Crippen LogP contribution in [-0.4, -0.2) is 0 Å². The van der Waals surface area contributed by atoms with E-state index in [4.69, 9.17) is 8.83 Å². The zero-order valence-electron chi connectivity index (χ0n) is 27.7. The predicted octanol–water partition coefficient (Wildman–Crippen LogP) is 14.0. The maximum atomic E-state index is 6.41. The van der Waals surface area contributed by atoms with Gasteiger partial charge in [0.1, 0.15) is 22.3 Å². The Kier molecular flexibility index (Phi) is 6.81. The average molecular weight is 654 g/mol. The molecule has 0 fully saturated rings. The first-order chi connectivity index (χ1) is 25.3. The third-order valence-corrected chi connectivity index (χ3v) is 9.89. The van der Waals surface area contributed by atoms with Crippen molar-refractivity contribution in [3.63, 3.8) is 0 Å². The lowest BCUT2D eigenvalue weighted by atomic mass is 9.95. The molecule has 0 saturated carbocycles. The van der Waals surface area contributed by atoms with Gasteiger partial charge in [0.2, 0.25) is 0 Å². The molecule has 8 aromatic carbocycles. The van der Waals surface area contributed by atoms with Gasteiger partial charge >= 0.3 is 0 Å². The normalized spacial score (nSPS) is 11.5. The number of nitrogens with zero attached hydrogens (tertiary/aromatic N) is 1. The predicted molar refractivity (Wildman–Crippen MR) is 212 cm³/mol. The van der Waals surface area contributed by atoms with E-state index in [-0.39, 0.29) is 0 Å². The van der Waals surface area contributed by atoms with E-state index in [9.17, 15) is 0 Å². The second kappa shape index (κ2) is 11.9. The first-order valence-corrected chi connectivity index (χ1v) is 17.3. The number of para-hydroxylation sites is 2. The summed E-state index contributed by atoms with van der Waals surface area (Å²) >= 11 is 0. The molecule has 0 aliphatic heterocycles. The maximum Gasteiger partial charge on any atom is 0.137 e. The zero-order chi connectivity index (χ0) is 33.7. The SMILES string of the molecule is c1ccc(-c2ccc(N(c3ccc(-c4ccc5oc6ccccc6c5c4)cc3)c3cccc4oc5ccccc5c34)c(-c3ccccc3)c2)cc1. The van der Waals surface area contributed by atoms with Gasteiger partial charge in [-0.3, -0.25) is 0 Å². The van der Waals surface area contributed by atoms with E-state index in [1.54, 1.807) is 0 Å². The first-order valence-electron chi connectivity index (χ1n) is 17.3. The third-order valence-electron chi connectivity index (χ3n) is 9.89. The van der Waals surface area contributed by atoms with Gasteiger partial charge in [0.15, 0.2) is 0 Å². The molecule has 3 nitrogen and oxygen atoms in total. The minimum atomic E-state index is 0.859. The molecule has 0 atom stereocenters. The Hall–Kier alpha value is -6.84. The Morgan fingerprint density at radius 3 is 1.65 bits per heavy atom. The number of hydrogen-bond acceptors (Lipinski definition) is 3. The van der Waals surface area contributed by atoms with Crippen molar-refractivity contribution in [1.82, 2.24) is 0 Å². The van der Waals surface area contributed by atoms with Crippen molar-refractivity contribution >= 4 is 60.9 Å². The van der Waals surface area contributed by atoms with Crippen molar-refractivity contribution < 1.29 is 8.83 Å². The number of furan rings is 2. The second-order valence-electron chi connectivity index (χ2n) is 12.9. The Morgan fingerprint density at radius 1 is 0.314 bits per heavy atom. The molecule has 3 heteroatoms. The molecule has 2 aromatic heterocycles. The summed E-state index contributed by atoms with van der Waals surface area (Å²) in [6.45, 7) is 0. The Labute approximate surface area is 295 Å². The lowest BCUT2D eigenvalue weighted by Crippen LogP contribution is -2.11. The lowest BCUT2D eigenvalue weighted by Gasteiger charge is -2.29. The monoisotopic (exact) mass is 653 g/mol. The third kappa shape index (κ3) is 4.98. The fourth-order valence-electron chi connectivity index (χ4n) is 7.45. The first kappa shape index (κ1) is 29.1. The second-order valence-corrected chi connectivity index (χ2v) is 12.9. The highest BCUT2D eigenvalue weighted by molar-refractivity contribution is 6.14. The molecule has 0 aliphatic carbocycles. The van der Waals surface area contributed by atoms with E-state index in [0.29, 0.717) is 0 Å². The lowest BCUT2D eigenvalue weighted by molar-refractivity contribution is 0.668. The number of rotatable bonds is 6. The molecule has 10 rings (SSSR count). The van der Waals surface area contributed by atoms with Crippen LogP contribution in [0, 0.1) is 0 Å². The summed E-state index contributed by atoms with van der Waals surface area (Å²) in [7, 11) is 0. The zero-order valence-corrected chi connectivity index (χ0v) is 27.7. The molecular weight excluding hydrogens is 623 g/mol. The Bertz CT molecular complexity index is 2850. The van der Waals surface area contributed by atoms with Crippen LogP contribution in [0.25, 0.3) is 77.3 Å². The highest BCUT2D eigenvalue weighted by atomic mass is 16.3. The van der Waals surface area contributed by atoms with E-state index < -0.39 is 0 Å². The van der Waals surface area contributed by atoms with E-state index in [0.717, 1.165) is 83.2 Å². The van der Waals surface area contributed by atoms with Crippen molar-refractivity contribution in [3.8, 4) is 33.4 Å². The van der Waals surface area contributed by atoms with Crippen molar-refractivity contribution in [2.75, 3.05) is 4.90 Å². The molecule has 0 aliphatic rings. The average Bonchev–Trinajstić information content (AvgIpc) is 3.78. The molecule has 0 N–H and O–H groups in total. The molecule has 0 bridgehead atoms. The molecule has 0 unspecified atom stereocenters. The molecule has 0 radical (unpaired) electrons.